The number of carbonyl (C=O) groups is 3. The van der Waals surface area contributed by atoms with Crippen molar-refractivity contribution in [2.24, 2.45) is 5.10 Å². The Labute approximate surface area is 200 Å². The minimum atomic E-state index is -1.06. The summed E-state index contributed by atoms with van der Waals surface area (Å²) in [4.78, 5) is 47.3. The third-order valence-corrected chi connectivity index (χ3v) is 4.53. The molecule has 0 saturated carbocycles. The molecule has 0 aliphatic carbocycles. The maximum Gasteiger partial charge on any atom is 0.329 e. The molecule has 0 radical (unpaired) electrons. The predicted molar refractivity (Wildman–Crippen MR) is 129 cm³/mol. The van der Waals surface area contributed by atoms with Crippen LogP contribution in [0.1, 0.15) is 22.8 Å². The van der Waals surface area contributed by atoms with E-state index in [2.05, 4.69) is 21.2 Å². The molecule has 0 saturated heterocycles. The van der Waals surface area contributed by atoms with Gasteiger partial charge in [0, 0.05) is 17.8 Å². The molecule has 0 fully saturated rings. The second-order valence-electron chi connectivity index (χ2n) is 6.96. The summed E-state index contributed by atoms with van der Waals surface area (Å²) in [5.74, 6) is -1.92. The van der Waals surface area contributed by atoms with Crippen molar-refractivity contribution in [2.45, 2.75) is 6.92 Å². The lowest BCUT2D eigenvalue weighted by molar-refractivity contribution is -0.384. The summed E-state index contributed by atoms with van der Waals surface area (Å²) in [6, 6.07) is 18.5. The average Bonchev–Trinajstić information content (AvgIpc) is 2.86. The van der Waals surface area contributed by atoms with E-state index in [1.807, 2.05) is 6.92 Å². The average molecular weight is 475 g/mol. The van der Waals surface area contributed by atoms with Crippen molar-refractivity contribution in [3.05, 3.63) is 94.0 Å². The standard InChI is InChI=1S/C24H21N5O6/c1-2-35-19-13-9-17(10-14-19)26-22(30)20-5-3-4-6-21(20)27-23(31)24(32)28-25-15-16-7-11-18(12-8-16)29(33)34/h3-15H,2H2,1H3,(H,26,30)(H,27,31)(H,28,32)/b25-15+. The Balaban J connectivity index is 1.60. The number of para-hydroxylation sites is 1. The van der Waals surface area contributed by atoms with E-state index in [4.69, 9.17) is 4.74 Å². The number of hydrazone groups is 1. The molecule has 0 heterocycles. The van der Waals surface area contributed by atoms with Crippen molar-refractivity contribution in [3.8, 4) is 5.75 Å². The number of amides is 3. The van der Waals surface area contributed by atoms with Crippen molar-refractivity contribution >= 4 is 41.0 Å². The molecule has 0 bridgehead atoms. The maximum atomic E-state index is 12.7. The van der Waals surface area contributed by atoms with Gasteiger partial charge in [0.25, 0.3) is 11.6 Å². The Morgan fingerprint density at radius 1 is 0.943 bits per heavy atom. The topological polar surface area (TPSA) is 152 Å². The van der Waals surface area contributed by atoms with Crippen LogP contribution in [0.2, 0.25) is 0 Å². The number of hydrogen-bond acceptors (Lipinski definition) is 7. The number of carbonyl (C=O) groups excluding carboxylic acids is 3. The fourth-order valence-electron chi connectivity index (χ4n) is 2.87. The molecule has 0 aliphatic heterocycles. The summed E-state index contributed by atoms with van der Waals surface area (Å²) in [5, 5.41) is 19.5. The number of nitrogens with zero attached hydrogens (tertiary/aromatic N) is 2. The van der Waals surface area contributed by atoms with E-state index < -0.39 is 22.6 Å². The Morgan fingerprint density at radius 2 is 1.63 bits per heavy atom. The Hall–Kier alpha value is -5.06. The number of nitro groups is 1. The largest absolute Gasteiger partial charge is 0.494 e. The van der Waals surface area contributed by atoms with E-state index in [0.717, 1.165) is 0 Å². The lowest BCUT2D eigenvalue weighted by Crippen LogP contribution is -2.33. The van der Waals surface area contributed by atoms with E-state index in [9.17, 15) is 24.5 Å². The number of hydrogen-bond donors (Lipinski definition) is 3. The third-order valence-electron chi connectivity index (χ3n) is 4.53. The van der Waals surface area contributed by atoms with Crippen LogP contribution in [0.5, 0.6) is 5.75 Å². The summed E-state index contributed by atoms with van der Waals surface area (Å²) < 4.78 is 5.37. The van der Waals surface area contributed by atoms with Gasteiger partial charge in [-0.1, -0.05) is 12.1 Å². The Bertz CT molecular complexity index is 1260. The molecule has 0 atom stereocenters. The molecule has 35 heavy (non-hydrogen) atoms. The molecule has 0 spiro atoms. The minimum absolute atomic E-state index is 0.0872. The van der Waals surface area contributed by atoms with Gasteiger partial charge in [-0.25, -0.2) is 5.43 Å². The van der Waals surface area contributed by atoms with Crippen molar-refractivity contribution < 1.29 is 24.0 Å². The fraction of sp³-hybridized carbons (Fsp3) is 0.0833. The van der Waals surface area contributed by atoms with Crippen LogP contribution >= 0.6 is 0 Å². The smallest absolute Gasteiger partial charge is 0.329 e. The molecular weight excluding hydrogens is 454 g/mol. The van der Waals surface area contributed by atoms with Gasteiger partial charge in [-0.05, 0) is 61.0 Å². The highest BCUT2D eigenvalue weighted by Crippen LogP contribution is 2.20. The number of rotatable bonds is 8. The molecule has 178 valence electrons. The van der Waals surface area contributed by atoms with Crippen LogP contribution in [0, 0.1) is 10.1 Å². The van der Waals surface area contributed by atoms with Gasteiger partial charge in [-0.15, -0.1) is 0 Å². The molecule has 3 aromatic rings. The van der Waals surface area contributed by atoms with Gasteiger partial charge in [0.15, 0.2) is 0 Å². The molecule has 0 aromatic heterocycles. The van der Waals surface area contributed by atoms with Gasteiger partial charge in [-0.2, -0.15) is 5.10 Å². The summed E-state index contributed by atoms with van der Waals surface area (Å²) >= 11 is 0. The molecule has 3 N–H and O–H groups in total. The van der Waals surface area contributed by atoms with Crippen LogP contribution in [0.4, 0.5) is 17.1 Å². The molecule has 3 aromatic carbocycles. The van der Waals surface area contributed by atoms with Crippen LogP contribution in [0.15, 0.2) is 77.9 Å². The van der Waals surface area contributed by atoms with Gasteiger partial charge in [0.05, 0.1) is 29.0 Å². The predicted octanol–water partition coefficient (Wildman–Crippen LogP) is 3.33. The summed E-state index contributed by atoms with van der Waals surface area (Å²) in [7, 11) is 0. The van der Waals surface area contributed by atoms with E-state index >= 15 is 0 Å². The maximum absolute atomic E-state index is 12.7. The first-order valence-corrected chi connectivity index (χ1v) is 10.4. The highest BCUT2D eigenvalue weighted by atomic mass is 16.6. The minimum Gasteiger partial charge on any atom is -0.494 e. The number of anilines is 2. The molecule has 11 heteroatoms. The lowest BCUT2D eigenvalue weighted by atomic mass is 10.1. The molecule has 3 amide bonds. The highest BCUT2D eigenvalue weighted by molar-refractivity contribution is 6.40. The SMILES string of the molecule is CCOc1ccc(NC(=O)c2ccccc2NC(=O)C(=O)N/N=C/c2ccc([N+](=O)[O-])cc2)cc1. The van der Waals surface area contributed by atoms with Gasteiger partial charge in [0.1, 0.15) is 5.75 Å². The summed E-state index contributed by atoms with van der Waals surface area (Å²) in [6.07, 6.45) is 1.23. The lowest BCUT2D eigenvalue weighted by Gasteiger charge is -2.11. The van der Waals surface area contributed by atoms with Crippen molar-refractivity contribution in [2.75, 3.05) is 17.2 Å². The first-order valence-electron chi connectivity index (χ1n) is 10.4. The van der Waals surface area contributed by atoms with Crippen molar-refractivity contribution in [1.29, 1.82) is 0 Å². The Kier molecular flexibility index (Phi) is 8.22. The van der Waals surface area contributed by atoms with Crippen LogP contribution in [-0.2, 0) is 9.59 Å². The monoisotopic (exact) mass is 475 g/mol. The second kappa shape index (κ2) is 11.7. The number of non-ortho nitro benzene ring substituents is 1. The normalized spacial score (nSPS) is 10.4. The van der Waals surface area contributed by atoms with Crippen LogP contribution in [0.3, 0.4) is 0 Å². The number of nitrogens with one attached hydrogen (secondary N) is 3. The zero-order valence-corrected chi connectivity index (χ0v) is 18.6. The Morgan fingerprint density at radius 3 is 2.29 bits per heavy atom. The zero-order valence-electron chi connectivity index (χ0n) is 18.6. The van der Waals surface area contributed by atoms with Crippen LogP contribution in [-0.4, -0.2) is 35.5 Å². The van der Waals surface area contributed by atoms with E-state index in [1.54, 1.807) is 36.4 Å². The van der Waals surface area contributed by atoms with E-state index in [1.165, 1.54) is 42.6 Å². The molecule has 11 nitrogen and oxygen atoms in total. The van der Waals surface area contributed by atoms with Gasteiger partial charge in [-0.3, -0.25) is 24.5 Å². The summed E-state index contributed by atoms with van der Waals surface area (Å²) in [6.45, 7) is 2.39. The van der Waals surface area contributed by atoms with Gasteiger partial charge >= 0.3 is 11.8 Å². The number of nitro benzene ring substituents is 1. The zero-order chi connectivity index (χ0) is 25.2. The molecule has 3 rings (SSSR count). The first-order chi connectivity index (χ1) is 16.9. The third kappa shape index (κ3) is 6.96. The quantitative estimate of drug-likeness (QED) is 0.197. The fourth-order valence-corrected chi connectivity index (χ4v) is 2.87. The van der Waals surface area contributed by atoms with Crippen LogP contribution in [0.25, 0.3) is 0 Å². The number of ether oxygens (including phenoxy) is 1. The van der Waals surface area contributed by atoms with Crippen molar-refractivity contribution in [1.82, 2.24) is 5.43 Å². The van der Waals surface area contributed by atoms with E-state index in [0.29, 0.717) is 23.6 Å². The second-order valence-corrected chi connectivity index (χ2v) is 6.96. The molecule has 0 aliphatic rings. The molecular formula is C24H21N5O6. The molecule has 0 unspecified atom stereocenters. The number of benzene rings is 3. The van der Waals surface area contributed by atoms with Gasteiger partial charge < -0.3 is 15.4 Å². The van der Waals surface area contributed by atoms with Crippen LogP contribution < -0.4 is 20.8 Å². The summed E-state index contributed by atoms with van der Waals surface area (Å²) in [5.41, 5.74) is 3.27. The van der Waals surface area contributed by atoms with Gasteiger partial charge in [0.2, 0.25) is 0 Å². The highest BCUT2D eigenvalue weighted by Gasteiger charge is 2.18. The first kappa shape index (κ1) is 24.6. The van der Waals surface area contributed by atoms with Crippen molar-refractivity contribution in [3.63, 3.8) is 0 Å². The van der Waals surface area contributed by atoms with E-state index in [-0.39, 0.29) is 16.9 Å².